The molecule has 2 nitrogen and oxygen atoms in total. The molecule has 0 saturated heterocycles. The van der Waals surface area contributed by atoms with Crippen LogP contribution in [0.5, 0.6) is 0 Å². The van der Waals surface area contributed by atoms with Crippen molar-refractivity contribution in [3.8, 4) is 0 Å². The molecule has 0 aromatic heterocycles. The summed E-state index contributed by atoms with van der Waals surface area (Å²) in [5.41, 5.74) is 1.27. The van der Waals surface area contributed by atoms with Gasteiger partial charge in [-0.2, -0.15) is 0 Å². The van der Waals surface area contributed by atoms with Gasteiger partial charge in [0.05, 0.1) is 6.73 Å². The summed E-state index contributed by atoms with van der Waals surface area (Å²) in [7, 11) is 0. The van der Waals surface area contributed by atoms with Gasteiger partial charge in [0.25, 0.3) is 0 Å². The van der Waals surface area contributed by atoms with Gasteiger partial charge in [0.2, 0.25) is 0 Å². The van der Waals surface area contributed by atoms with E-state index in [0.29, 0.717) is 0 Å². The van der Waals surface area contributed by atoms with Crippen molar-refractivity contribution >= 4 is 15.9 Å². The Labute approximate surface area is 93.5 Å². The zero-order chi connectivity index (χ0) is 10.6. The molecule has 0 aliphatic heterocycles. The maximum Gasteiger partial charge on any atom is 0.0931 e. The van der Waals surface area contributed by atoms with Crippen molar-refractivity contribution in [3.63, 3.8) is 0 Å². The molecule has 0 heterocycles. The molecule has 0 aliphatic rings. The van der Waals surface area contributed by atoms with Gasteiger partial charge in [0.15, 0.2) is 0 Å². The van der Waals surface area contributed by atoms with Crippen LogP contribution in [0.2, 0.25) is 0 Å². The van der Waals surface area contributed by atoms with Crippen LogP contribution in [0.15, 0.2) is 28.7 Å². The van der Waals surface area contributed by atoms with Crippen LogP contribution in [0, 0.1) is 0 Å². The highest BCUT2D eigenvalue weighted by atomic mass is 79.9. The molecule has 14 heavy (non-hydrogen) atoms. The lowest BCUT2D eigenvalue weighted by atomic mass is 9.85. The third-order valence-electron chi connectivity index (χ3n) is 2.28. The molecule has 0 aliphatic carbocycles. The van der Waals surface area contributed by atoms with E-state index in [1.807, 2.05) is 18.2 Å². The summed E-state index contributed by atoms with van der Waals surface area (Å²) in [6.07, 6.45) is 0. The fourth-order valence-electron chi connectivity index (χ4n) is 1.47. The molecule has 0 unspecified atom stereocenters. The molecular formula is C11H16BrNO. The van der Waals surface area contributed by atoms with Crippen LogP contribution < -0.4 is 5.32 Å². The van der Waals surface area contributed by atoms with Gasteiger partial charge in [-0.1, -0.05) is 48.0 Å². The maximum atomic E-state index is 8.72. The SMILES string of the molecule is CC(C)(CNCO)c1ccccc1Br. The quantitative estimate of drug-likeness (QED) is 0.812. The Morgan fingerprint density at radius 2 is 2.00 bits per heavy atom. The van der Waals surface area contributed by atoms with Crippen LogP contribution in [0.4, 0.5) is 0 Å². The zero-order valence-electron chi connectivity index (χ0n) is 8.55. The van der Waals surface area contributed by atoms with E-state index in [4.69, 9.17) is 5.11 Å². The van der Waals surface area contributed by atoms with Gasteiger partial charge in [-0.25, -0.2) is 0 Å². The minimum absolute atomic E-state index is 0.0167. The fourth-order valence-corrected chi connectivity index (χ4v) is 2.30. The van der Waals surface area contributed by atoms with E-state index in [1.54, 1.807) is 0 Å². The van der Waals surface area contributed by atoms with E-state index >= 15 is 0 Å². The first-order valence-corrected chi connectivity index (χ1v) is 5.44. The Kier molecular flexibility index (Phi) is 4.11. The summed E-state index contributed by atoms with van der Waals surface area (Å²) in [5, 5.41) is 11.7. The fraction of sp³-hybridized carbons (Fsp3) is 0.455. The highest BCUT2D eigenvalue weighted by molar-refractivity contribution is 9.10. The number of hydrogen-bond acceptors (Lipinski definition) is 2. The van der Waals surface area contributed by atoms with E-state index < -0.39 is 0 Å². The molecule has 1 aromatic carbocycles. The smallest absolute Gasteiger partial charge is 0.0931 e. The third-order valence-corrected chi connectivity index (χ3v) is 2.97. The van der Waals surface area contributed by atoms with Gasteiger partial charge < -0.3 is 5.11 Å². The number of halogens is 1. The first-order chi connectivity index (χ1) is 6.58. The molecule has 0 saturated carbocycles. The molecule has 78 valence electrons. The van der Waals surface area contributed by atoms with Gasteiger partial charge in [-0.05, 0) is 11.6 Å². The van der Waals surface area contributed by atoms with Gasteiger partial charge >= 0.3 is 0 Å². The molecule has 3 heteroatoms. The summed E-state index contributed by atoms with van der Waals surface area (Å²) in [4.78, 5) is 0. The lowest BCUT2D eigenvalue weighted by molar-refractivity contribution is 0.247. The Morgan fingerprint density at radius 1 is 1.36 bits per heavy atom. The minimum atomic E-state index is 0.0167. The highest BCUT2D eigenvalue weighted by Gasteiger charge is 2.21. The topological polar surface area (TPSA) is 32.3 Å². The van der Waals surface area contributed by atoms with Gasteiger partial charge in [0, 0.05) is 16.4 Å². The van der Waals surface area contributed by atoms with E-state index in [2.05, 4.69) is 41.2 Å². The Morgan fingerprint density at radius 3 is 2.57 bits per heavy atom. The van der Waals surface area contributed by atoms with E-state index in [0.717, 1.165) is 11.0 Å². The van der Waals surface area contributed by atoms with Crippen LogP contribution in [0.3, 0.4) is 0 Å². The lowest BCUT2D eigenvalue weighted by Crippen LogP contribution is -2.33. The summed E-state index contributed by atoms with van der Waals surface area (Å²) in [6, 6.07) is 8.17. The van der Waals surface area contributed by atoms with E-state index in [1.165, 1.54) is 5.56 Å². The molecule has 2 N–H and O–H groups in total. The predicted molar refractivity (Wildman–Crippen MR) is 62.3 cm³/mol. The van der Waals surface area contributed by atoms with Crippen molar-refractivity contribution < 1.29 is 5.11 Å². The van der Waals surface area contributed by atoms with Crippen molar-refractivity contribution in [1.29, 1.82) is 0 Å². The standard InChI is InChI=1S/C11H16BrNO/c1-11(2,7-13-8-14)9-5-3-4-6-10(9)12/h3-6,13-14H,7-8H2,1-2H3. The number of aliphatic hydroxyl groups is 1. The van der Waals surface area contributed by atoms with Gasteiger partial charge in [-0.15, -0.1) is 0 Å². The second-order valence-electron chi connectivity index (χ2n) is 3.95. The molecule has 0 spiro atoms. The van der Waals surface area contributed by atoms with Crippen molar-refractivity contribution in [2.45, 2.75) is 19.3 Å². The summed E-state index contributed by atoms with van der Waals surface area (Å²) >= 11 is 3.53. The summed E-state index contributed by atoms with van der Waals surface area (Å²) in [6.45, 7) is 5.07. The van der Waals surface area contributed by atoms with Crippen molar-refractivity contribution in [1.82, 2.24) is 5.32 Å². The maximum absolute atomic E-state index is 8.72. The summed E-state index contributed by atoms with van der Waals surface area (Å²) in [5.74, 6) is 0. The number of benzene rings is 1. The Bertz CT molecular complexity index is 299. The Balaban J connectivity index is 2.86. The van der Waals surface area contributed by atoms with Crippen LogP contribution in [-0.2, 0) is 5.41 Å². The molecular weight excluding hydrogens is 242 g/mol. The van der Waals surface area contributed by atoms with Crippen LogP contribution in [0.25, 0.3) is 0 Å². The molecule has 1 aromatic rings. The average Bonchev–Trinajstić information content (AvgIpc) is 2.15. The van der Waals surface area contributed by atoms with Gasteiger partial charge in [0.1, 0.15) is 0 Å². The number of hydrogen-bond donors (Lipinski definition) is 2. The third kappa shape index (κ3) is 2.80. The lowest BCUT2D eigenvalue weighted by Gasteiger charge is -2.26. The number of nitrogens with one attached hydrogen (secondary N) is 1. The first kappa shape index (κ1) is 11.7. The average molecular weight is 258 g/mol. The van der Waals surface area contributed by atoms with Crippen LogP contribution >= 0.6 is 15.9 Å². The van der Waals surface area contributed by atoms with Crippen LogP contribution in [-0.4, -0.2) is 18.4 Å². The monoisotopic (exact) mass is 257 g/mol. The summed E-state index contributed by atoms with van der Waals surface area (Å²) < 4.78 is 1.12. The molecule has 0 amide bonds. The molecule has 0 atom stereocenters. The second-order valence-corrected chi connectivity index (χ2v) is 4.80. The largest absolute Gasteiger partial charge is 0.381 e. The van der Waals surface area contributed by atoms with Crippen molar-refractivity contribution in [3.05, 3.63) is 34.3 Å². The second kappa shape index (κ2) is 4.91. The van der Waals surface area contributed by atoms with Crippen molar-refractivity contribution in [2.24, 2.45) is 0 Å². The first-order valence-electron chi connectivity index (χ1n) is 4.64. The van der Waals surface area contributed by atoms with Crippen LogP contribution in [0.1, 0.15) is 19.4 Å². The predicted octanol–water partition coefficient (Wildman–Crippen LogP) is 2.27. The van der Waals surface area contributed by atoms with Gasteiger partial charge in [-0.3, -0.25) is 5.32 Å². The zero-order valence-corrected chi connectivity index (χ0v) is 10.1. The van der Waals surface area contributed by atoms with E-state index in [-0.39, 0.29) is 12.1 Å². The number of aliphatic hydroxyl groups excluding tert-OH is 1. The molecule has 0 bridgehead atoms. The normalized spacial score (nSPS) is 11.7. The van der Waals surface area contributed by atoms with Crippen molar-refractivity contribution in [2.75, 3.05) is 13.3 Å². The molecule has 1 rings (SSSR count). The minimum Gasteiger partial charge on any atom is -0.381 e. The number of rotatable bonds is 4. The van der Waals surface area contributed by atoms with E-state index in [9.17, 15) is 0 Å². The molecule has 0 radical (unpaired) electrons. The Hall–Kier alpha value is -0.380. The molecule has 0 fully saturated rings. The highest BCUT2D eigenvalue weighted by Crippen LogP contribution is 2.29.